The highest BCUT2D eigenvalue weighted by molar-refractivity contribution is 5.87. The highest BCUT2D eigenvalue weighted by Crippen LogP contribution is 2.68. The summed E-state index contributed by atoms with van der Waals surface area (Å²) in [6.07, 6.45) is -25.9. The van der Waals surface area contributed by atoms with Crippen LogP contribution in [0.15, 0.2) is 30.3 Å². The summed E-state index contributed by atoms with van der Waals surface area (Å²) in [5.41, 5.74) is -0.344. The van der Waals surface area contributed by atoms with Gasteiger partial charge in [0.15, 0.2) is 6.17 Å². The Bertz CT molecular complexity index is 1760. The first-order chi connectivity index (χ1) is 28.0. The molecule has 3 nitrogen and oxygen atoms in total. The molecule has 374 valence electrons. The molecule has 0 aliphatic heterocycles. The first-order valence-corrected chi connectivity index (χ1v) is 16.2. The van der Waals surface area contributed by atoms with E-state index in [0.29, 0.717) is 0 Å². The van der Waals surface area contributed by atoms with Gasteiger partial charge in [0.2, 0.25) is 0 Å². The third-order valence-electron chi connectivity index (χ3n) is 8.55. The van der Waals surface area contributed by atoms with Crippen LogP contribution >= 0.6 is 0 Å². The number of methoxy groups -OCH3 is 1. The number of halogens is 30. The smallest absolute Gasteiger partial charge is 0.473 e. The summed E-state index contributed by atoms with van der Waals surface area (Å²) >= 11 is 0. The Labute approximate surface area is 335 Å². The molecular weight excluding hydrogens is 990 g/mol. The summed E-state index contributed by atoms with van der Waals surface area (Å²) in [6.45, 7) is 0. The summed E-state index contributed by atoms with van der Waals surface area (Å²) in [5.74, 6) is -115. The summed E-state index contributed by atoms with van der Waals surface area (Å²) in [5, 5.41) is 0. The molecule has 0 heterocycles. The molecule has 1 atom stereocenters. The van der Waals surface area contributed by atoms with Crippen LogP contribution in [0.2, 0.25) is 0 Å². The van der Waals surface area contributed by atoms with Gasteiger partial charge in [0.25, 0.3) is 0 Å². The second-order valence-electron chi connectivity index (χ2n) is 13.0. The van der Waals surface area contributed by atoms with Gasteiger partial charge in [0, 0.05) is 12.5 Å². The van der Waals surface area contributed by atoms with Gasteiger partial charge in [0.1, 0.15) is 5.75 Å². The van der Waals surface area contributed by atoms with E-state index >= 15 is 0 Å². The minimum absolute atomic E-state index is 0.0260. The van der Waals surface area contributed by atoms with Crippen molar-refractivity contribution in [3.8, 4) is 5.75 Å². The Hall–Kier alpha value is -3.87. The van der Waals surface area contributed by atoms with Gasteiger partial charge >= 0.3 is 89.3 Å². The zero-order valence-electron chi connectivity index (χ0n) is 30.3. The number of alkyl halides is 30. The second-order valence-corrected chi connectivity index (χ2v) is 13.0. The Morgan fingerprint density at radius 2 is 0.812 bits per heavy atom. The summed E-state index contributed by atoms with van der Waals surface area (Å²) in [6, 6.07) is 3.82. The maximum absolute atomic E-state index is 14.2. The lowest BCUT2D eigenvalue weighted by molar-refractivity contribution is -0.487. The molecular formula is C31H22F30O3. The fourth-order valence-corrected chi connectivity index (χ4v) is 4.65. The monoisotopic (exact) mass is 1010 g/mol. The van der Waals surface area contributed by atoms with Crippen molar-refractivity contribution in [2.45, 2.75) is 128 Å². The van der Waals surface area contributed by atoms with Gasteiger partial charge in [-0.05, 0) is 36.6 Å². The van der Waals surface area contributed by atoms with Crippen molar-refractivity contribution in [3.63, 3.8) is 0 Å². The highest BCUT2D eigenvalue weighted by Gasteiger charge is 3.00. The summed E-state index contributed by atoms with van der Waals surface area (Å²) in [7, 11) is 1.08. The van der Waals surface area contributed by atoms with E-state index < -0.39 is 140 Å². The first-order valence-electron chi connectivity index (χ1n) is 16.2. The SMILES string of the molecule is COc1ccc(C=CC(=O)OC(F)(F)C(F)(F)C(F)(F)C(F)(F)C(F)(F)C(F)(F)C(F)(F)C(F)(F)C(F)(F)C(F)(F)C(F)(F)C(F)(F)C(F)(F)C(F)CCCCCCC(F)(F)F)cc1. The zero-order chi connectivity index (χ0) is 51.2. The highest BCUT2D eigenvalue weighted by atomic mass is 19.4. The Balaban J connectivity index is 3.65. The van der Waals surface area contributed by atoms with Crippen LogP contribution in [0.1, 0.15) is 44.1 Å². The molecule has 1 unspecified atom stereocenters. The van der Waals surface area contributed by atoms with Crippen LogP contribution in [0.25, 0.3) is 6.08 Å². The average molecular weight is 1010 g/mol. The third kappa shape index (κ3) is 9.39. The third-order valence-corrected chi connectivity index (χ3v) is 8.55. The van der Waals surface area contributed by atoms with Crippen molar-refractivity contribution in [2.24, 2.45) is 0 Å². The molecule has 33 heteroatoms. The minimum atomic E-state index is -9.94. The molecule has 0 amide bonds. The number of hydrogen-bond acceptors (Lipinski definition) is 3. The van der Waals surface area contributed by atoms with Crippen LogP contribution in [0.5, 0.6) is 5.75 Å². The fraction of sp³-hybridized carbons (Fsp3) is 0.710. The number of unbranched alkanes of at least 4 members (excludes halogenated alkanes) is 3. The van der Waals surface area contributed by atoms with Crippen LogP contribution in [0, 0.1) is 0 Å². The zero-order valence-corrected chi connectivity index (χ0v) is 30.3. The molecule has 1 aromatic rings. The van der Waals surface area contributed by atoms with Crippen molar-refractivity contribution in [1.82, 2.24) is 0 Å². The fourth-order valence-electron chi connectivity index (χ4n) is 4.65. The largest absolute Gasteiger partial charge is 0.497 e. The predicted molar refractivity (Wildman–Crippen MR) is 151 cm³/mol. The normalized spacial score (nSPS) is 16.0. The molecule has 0 aliphatic rings. The van der Waals surface area contributed by atoms with Crippen molar-refractivity contribution < 1.29 is 146 Å². The lowest BCUT2D eigenvalue weighted by Crippen LogP contribution is -2.79. The molecule has 0 saturated carbocycles. The van der Waals surface area contributed by atoms with E-state index in [1.807, 2.05) is 0 Å². The summed E-state index contributed by atoms with van der Waals surface area (Å²) in [4.78, 5) is 11.5. The molecule has 1 aromatic carbocycles. The molecule has 64 heavy (non-hydrogen) atoms. The molecule has 0 aromatic heterocycles. The van der Waals surface area contributed by atoms with E-state index in [4.69, 9.17) is 0 Å². The topological polar surface area (TPSA) is 35.5 Å². The minimum Gasteiger partial charge on any atom is -0.497 e. The van der Waals surface area contributed by atoms with Gasteiger partial charge < -0.3 is 9.47 Å². The number of carbonyl (C=O) groups is 1. The first kappa shape index (κ1) is 58.1. The van der Waals surface area contributed by atoms with E-state index in [0.717, 1.165) is 31.4 Å². The van der Waals surface area contributed by atoms with Crippen molar-refractivity contribution in [1.29, 1.82) is 0 Å². The van der Waals surface area contributed by atoms with Crippen LogP contribution < -0.4 is 4.74 Å². The molecule has 0 bridgehead atoms. The van der Waals surface area contributed by atoms with E-state index in [9.17, 15) is 137 Å². The number of carbonyl (C=O) groups excluding carboxylic acids is 1. The number of ether oxygens (including phenoxy) is 2. The van der Waals surface area contributed by atoms with Gasteiger partial charge in [0.05, 0.1) is 7.11 Å². The Morgan fingerprint density at radius 1 is 0.484 bits per heavy atom. The number of benzene rings is 1. The lowest BCUT2D eigenvalue weighted by atomic mass is 9.83. The van der Waals surface area contributed by atoms with Gasteiger partial charge in [-0.15, -0.1) is 0 Å². The molecule has 0 aliphatic carbocycles. The van der Waals surface area contributed by atoms with Gasteiger partial charge in [-0.3, -0.25) is 0 Å². The molecule has 0 saturated heterocycles. The average Bonchev–Trinajstić information content (AvgIpc) is 3.13. The van der Waals surface area contributed by atoms with Crippen molar-refractivity contribution >= 4 is 12.0 Å². The van der Waals surface area contributed by atoms with Gasteiger partial charge in [-0.1, -0.05) is 31.4 Å². The number of hydrogen-bond donors (Lipinski definition) is 0. The Morgan fingerprint density at radius 3 is 1.16 bits per heavy atom. The van der Waals surface area contributed by atoms with E-state index in [-0.39, 0.29) is 17.4 Å². The molecule has 0 fully saturated rings. The lowest BCUT2D eigenvalue weighted by Gasteiger charge is -2.46. The van der Waals surface area contributed by atoms with E-state index in [1.54, 1.807) is 0 Å². The quantitative estimate of drug-likeness (QED) is 0.0474. The maximum atomic E-state index is 14.2. The van der Waals surface area contributed by atoms with Crippen LogP contribution in [-0.4, -0.2) is 103 Å². The van der Waals surface area contributed by atoms with Gasteiger partial charge in [-0.2, -0.15) is 127 Å². The van der Waals surface area contributed by atoms with E-state index in [2.05, 4.69) is 9.47 Å². The second kappa shape index (κ2) is 17.7. The predicted octanol–water partition coefficient (Wildman–Crippen LogP) is 13.7. The molecule has 0 radical (unpaired) electrons. The maximum Gasteiger partial charge on any atom is 0.473 e. The number of esters is 1. The molecule has 0 spiro atoms. The standard InChI is InChI=1S/C31H22F30O3/c1-63-15-10-7-14(8-11-15)9-12-17(62)64-31(60,61)30(58,59)29(56,57)28(54,55)27(52,53)26(50,51)25(48,49)24(46,47)23(44,45)22(42,43)21(40,41)20(38,39)19(36,37)16(32)6-4-2-3-5-13-18(33,34)35/h7-12,16H,2-6,13H2,1H3. The summed E-state index contributed by atoms with van der Waals surface area (Å²) < 4.78 is 426. The van der Waals surface area contributed by atoms with E-state index in [1.165, 1.54) is 0 Å². The van der Waals surface area contributed by atoms with Crippen LogP contribution in [-0.2, 0) is 9.53 Å². The molecule has 0 N–H and O–H groups in total. The van der Waals surface area contributed by atoms with Crippen LogP contribution in [0.4, 0.5) is 132 Å². The van der Waals surface area contributed by atoms with Crippen LogP contribution in [0.3, 0.4) is 0 Å². The van der Waals surface area contributed by atoms with Crippen molar-refractivity contribution in [3.05, 3.63) is 35.9 Å². The van der Waals surface area contributed by atoms with Crippen molar-refractivity contribution in [2.75, 3.05) is 7.11 Å². The number of rotatable bonds is 23. The van der Waals surface area contributed by atoms with Gasteiger partial charge in [-0.25, -0.2) is 9.18 Å². The Kier molecular flexibility index (Phi) is 16.1. The molecule has 1 rings (SSSR count).